The van der Waals surface area contributed by atoms with Crippen molar-refractivity contribution >= 4 is 5.91 Å². The minimum Gasteiger partial charge on any atom is -0.494 e. The zero-order valence-corrected chi connectivity index (χ0v) is 13.0. The molecule has 6 nitrogen and oxygen atoms in total. The van der Waals surface area contributed by atoms with Crippen LogP contribution in [0.1, 0.15) is 22.2 Å². The van der Waals surface area contributed by atoms with Crippen LogP contribution in [0.2, 0.25) is 0 Å². The van der Waals surface area contributed by atoms with E-state index in [0.29, 0.717) is 5.76 Å². The largest absolute Gasteiger partial charge is 0.494 e. The Balaban J connectivity index is 1.73. The van der Waals surface area contributed by atoms with Crippen molar-refractivity contribution < 1.29 is 18.3 Å². The second-order valence-corrected chi connectivity index (χ2v) is 5.08. The molecule has 0 saturated heterocycles. The van der Waals surface area contributed by atoms with Gasteiger partial charge in [-0.1, -0.05) is 0 Å². The normalized spacial score (nSPS) is 11.9. The number of furan rings is 1. The first kappa shape index (κ1) is 15.8. The number of benzene rings is 1. The summed E-state index contributed by atoms with van der Waals surface area (Å²) in [5, 5.41) is 6.96. The maximum Gasteiger partial charge on any atom is 0.251 e. The molecule has 124 valence electrons. The topological polar surface area (TPSA) is 69.3 Å². The number of nitrogens with zero attached hydrogens (tertiary/aromatic N) is 2. The molecule has 0 bridgehead atoms. The van der Waals surface area contributed by atoms with E-state index in [-0.39, 0.29) is 29.8 Å². The van der Waals surface area contributed by atoms with Gasteiger partial charge >= 0.3 is 0 Å². The smallest absolute Gasteiger partial charge is 0.251 e. The van der Waals surface area contributed by atoms with E-state index in [2.05, 4.69) is 10.4 Å². The molecule has 3 aromatic rings. The van der Waals surface area contributed by atoms with Crippen molar-refractivity contribution in [1.29, 1.82) is 0 Å². The maximum absolute atomic E-state index is 13.7. The van der Waals surface area contributed by atoms with Crippen LogP contribution < -0.4 is 10.1 Å². The number of nitrogens with one attached hydrogen (secondary N) is 1. The Hall–Kier alpha value is -3.09. The van der Waals surface area contributed by atoms with Crippen molar-refractivity contribution in [3.8, 4) is 5.75 Å². The zero-order valence-electron chi connectivity index (χ0n) is 13.0. The number of amides is 1. The molecule has 0 fully saturated rings. The van der Waals surface area contributed by atoms with Gasteiger partial charge in [0.05, 0.1) is 13.4 Å². The highest BCUT2D eigenvalue weighted by Crippen LogP contribution is 2.19. The van der Waals surface area contributed by atoms with E-state index in [4.69, 9.17) is 9.15 Å². The van der Waals surface area contributed by atoms with Crippen molar-refractivity contribution in [1.82, 2.24) is 15.1 Å². The Morgan fingerprint density at radius 1 is 1.42 bits per heavy atom. The number of rotatable bonds is 6. The molecule has 1 amide bonds. The first-order chi connectivity index (χ1) is 11.7. The second-order valence-electron chi connectivity index (χ2n) is 5.08. The molecule has 0 unspecified atom stereocenters. The molecular weight excluding hydrogens is 313 g/mol. The fourth-order valence-electron chi connectivity index (χ4n) is 2.37. The highest BCUT2D eigenvalue weighted by Gasteiger charge is 2.19. The number of halogens is 1. The summed E-state index contributed by atoms with van der Waals surface area (Å²) >= 11 is 0. The fraction of sp³-hybridized carbons (Fsp3) is 0.176. The average Bonchev–Trinajstić information content (AvgIpc) is 3.29. The number of ether oxygens (including phenoxy) is 1. The van der Waals surface area contributed by atoms with Gasteiger partial charge in [0.15, 0.2) is 11.6 Å². The molecule has 1 atom stereocenters. The molecule has 24 heavy (non-hydrogen) atoms. The quantitative estimate of drug-likeness (QED) is 0.755. The van der Waals surface area contributed by atoms with Gasteiger partial charge in [-0.3, -0.25) is 9.48 Å². The Morgan fingerprint density at radius 3 is 2.92 bits per heavy atom. The lowest BCUT2D eigenvalue weighted by Gasteiger charge is -2.16. The van der Waals surface area contributed by atoms with E-state index < -0.39 is 5.82 Å². The van der Waals surface area contributed by atoms with E-state index in [1.807, 2.05) is 6.07 Å². The average molecular weight is 329 g/mol. The minimum atomic E-state index is -0.584. The monoisotopic (exact) mass is 329 g/mol. The minimum absolute atomic E-state index is 0.0940. The summed E-state index contributed by atoms with van der Waals surface area (Å²) in [4.78, 5) is 12.3. The van der Waals surface area contributed by atoms with E-state index >= 15 is 0 Å². The highest BCUT2D eigenvalue weighted by atomic mass is 19.1. The molecule has 0 aliphatic heterocycles. The number of carbonyl (C=O) groups is 1. The Labute approximate surface area is 137 Å². The van der Waals surface area contributed by atoms with Crippen LogP contribution in [0.4, 0.5) is 4.39 Å². The van der Waals surface area contributed by atoms with Gasteiger partial charge in [-0.25, -0.2) is 4.39 Å². The third kappa shape index (κ3) is 3.29. The van der Waals surface area contributed by atoms with Crippen LogP contribution in [0.3, 0.4) is 0 Å². The molecule has 2 heterocycles. The van der Waals surface area contributed by atoms with Crippen molar-refractivity contribution in [2.24, 2.45) is 0 Å². The first-order valence-corrected chi connectivity index (χ1v) is 7.33. The van der Waals surface area contributed by atoms with Crippen LogP contribution in [-0.2, 0) is 0 Å². The second kappa shape index (κ2) is 6.99. The lowest BCUT2D eigenvalue weighted by atomic mass is 10.1. The summed E-state index contributed by atoms with van der Waals surface area (Å²) < 4.78 is 25.7. The molecule has 0 aliphatic carbocycles. The highest BCUT2D eigenvalue weighted by molar-refractivity contribution is 5.94. The number of methoxy groups -OCH3 is 1. The summed E-state index contributed by atoms with van der Waals surface area (Å²) in [6.45, 7) is 0.252. The van der Waals surface area contributed by atoms with Gasteiger partial charge in [-0.2, -0.15) is 5.10 Å². The maximum atomic E-state index is 13.7. The van der Waals surface area contributed by atoms with Gasteiger partial charge in [-0.15, -0.1) is 0 Å². The molecule has 3 rings (SSSR count). The molecule has 7 heteroatoms. The summed E-state index contributed by atoms with van der Waals surface area (Å²) in [5.74, 6) is -0.212. The summed E-state index contributed by atoms with van der Waals surface area (Å²) in [6.07, 6.45) is 5.00. The first-order valence-electron chi connectivity index (χ1n) is 7.33. The van der Waals surface area contributed by atoms with E-state index in [1.54, 1.807) is 35.5 Å². The number of aromatic nitrogens is 2. The van der Waals surface area contributed by atoms with Gasteiger partial charge in [0.1, 0.15) is 11.8 Å². The molecule has 0 saturated carbocycles. The Morgan fingerprint density at radius 2 is 2.29 bits per heavy atom. The zero-order chi connectivity index (χ0) is 16.9. The molecule has 0 spiro atoms. The van der Waals surface area contributed by atoms with Gasteiger partial charge in [0, 0.05) is 24.5 Å². The van der Waals surface area contributed by atoms with Crippen LogP contribution in [0.25, 0.3) is 0 Å². The molecule has 0 radical (unpaired) electrons. The van der Waals surface area contributed by atoms with E-state index in [1.165, 1.54) is 19.2 Å². The van der Waals surface area contributed by atoms with Gasteiger partial charge in [-0.05, 0) is 36.4 Å². The standard InChI is InChI=1S/C17H16FN3O3/c1-23-15-6-5-12(10-13(15)18)17(22)19-11-14(16-4-2-9-24-16)21-8-3-7-20-21/h2-10,14H,11H2,1H3,(H,19,22)/t14-/m1/s1. The number of hydrogen-bond acceptors (Lipinski definition) is 4. The Bertz CT molecular complexity index is 766. The van der Waals surface area contributed by atoms with Crippen molar-refractivity contribution in [2.75, 3.05) is 13.7 Å². The summed E-state index contributed by atoms with van der Waals surface area (Å²) in [7, 11) is 1.37. The van der Waals surface area contributed by atoms with Gasteiger partial charge in [0.25, 0.3) is 5.91 Å². The molecule has 1 aromatic carbocycles. The Kier molecular flexibility index (Phi) is 4.60. The summed E-state index contributed by atoms with van der Waals surface area (Å²) in [6, 6.07) is 9.15. The van der Waals surface area contributed by atoms with Crippen LogP contribution in [0.15, 0.2) is 59.5 Å². The van der Waals surface area contributed by atoms with Crippen LogP contribution >= 0.6 is 0 Å². The molecular formula is C17H16FN3O3. The van der Waals surface area contributed by atoms with Crippen molar-refractivity contribution in [3.05, 3.63) is 72.2 Å². The van der Waals surface area contributed by atoms with Crippen LogP contribution in [0, 0.1) is 5.82 Å². The number of carbonyl (C=O) groups excluding carboxylic acids is 1. The SMILES string of the molecule is COc1ccc(C(=O)NC[C@H](c2ccco2)n2cccn2)cc1F. The molecule has 2 aromatic heterocycles. The number of hydrogen-bond donors (Lipinski definition) is 1. The van der Waals surface area contributed by atoms with Crippen LogP contribution in [-0.4, -0.2) is 29.3 Å². The van der Waals surface area contributed by atoms with Gasteiger partial charge in [0.2, 0.25) is 0 Å². The lowest BCUT2D eigenvalue weighted by Crippen LogP contribution is -2.31. The van der Waals surface area contributed by atoms with Crippen LogP contribution in [0.5, 0.6) is 5.75 Å². The van der Waals surface area contributed by atoms with E-state index in [0.717, 1.165) is 6.07 Å². The lowest BCUT2D eigenvalue weighted by molar-refractivity contribution is 0.0947. The predicted molar refractivity (Wildman–Crippen MR) is 84.4 cm³/mol. The fourth-order valence-corrected chi connectivity index (χ4v) is 2.37. The molecule has 0 aliphatic rings. The van der Waals surface area contributed by atoms with E-state index in [9.17, 15) is 9.18 Å². The predicted octanol–water partition coefficient (Wildman–Crippen LogP) is 2.64. The van der Waals surface area contributed by atoms with Gasteiger partial charge < -0.3 is 14.5 Å². The van der Waals surface area contributed by atoms with Crippen molar-refractivity contribution in [2.45, 2.75) is 6.04 Å². The molecule has 1 N–H and O–H groups in total. The third-order valence-corrected chi connectivity index (χ3v) is 3.59. The summed E-state index contributed by atoms with van der Waals surface area (Å²) in [5.41, 5.74) is 0.215. The van der Waals surface area contributed by atoms with Crippen molar-refractivity contribution in [3.63, 3.8) is 0 Å². The third-order valence-electron chi connectivity index (χ3n) is 3.59.